The molecule has 4 nitrogen and oxygen atoms in total. The van der Waals surface area contributed by atoms with Gasteiger partial charge in [0.05, 0.1) is 0 Å². The van der Waals surface area contributed by atoms with Gasteiger partial charge in [0.2, 0.25) is 0 Å². The zero-order valence-electron chi connectivity index (χ0n) is 13.8. The van der Waals surface area contributed by atoms with Gasteiger partial charge in [-0.3, -0.25) is 9.78 Å². The molecule has 0 aliphatic rings. The Bertz CT molecular complexity index is 895. The molecule has 0 radical (unpaired) electrons. The van der Waals surface area contributed by atoms with Gasteiger partial charge >= 0.3 is 0 Å². The molecule has 0 aliphatic carbocycles. The molecule has 0 saturated carbocycles. The number of amides is 1. The van der Waals surface area contributed by atoms with E-state index in [1.165, 1.54) is 6.07 Å². The van der Waals surface area contributed by atoms with Crippen LogP contribution in [0.2, 0.25) is 0 Å². The Hall–Kier alpha value is -3.21. The second-order valence-electron chi connectivity index (χ2n) is 5.70. The third-order valence-electron chi connectivity index (χ3n) is 3.71. The van der Waals surface area contributed by atoms with E-state index in [1.807, 2.05) is 31.2 Å². The number of pyridine rings is 1. The maximum Gasteiger partial charge on any atom is 0.274 e. The predicted molar refractivity (Wildman–Crippen MR) is 97.1 cm³/mol. The number of hydrogen-bond acceptors (Lipinski definition) is 3. The highest BCUT2D eigenvalue weighted by molar-refractivity contribution is 6.03. The van der Waals surface area contributed by atoms with E-state index in [4.69, 9.17) is 0 Å². The Kier molecular flexibility index (Phi) is 5.04. The number of nitrogens with zero attached hydrogens (tertiary/aromatic N) is 1. The average molecular weight is 335 g/mol. The van der Waals surface area contributed by atoms with Crippen LogP contribution in [0.25, 0.3) is 0 Å². The van der Waals surface area contributed by atoms with Crippen molar-refractivity contribution in [2.24, 2.45) is 0 Å². The molecule has 25 heavy (non-hydrogen) atoms. The second-order valence-corrected chi connectivity index (χ2v) is 5.70. The number of aromatic nitrogens is 1. The number of aryl methyl sites for hydroxylation is 1. The monoisotopic (exact) mass is 335 g/mol. The molecular formula is C20H18FN3O. The number of carbonyl (C=O) groups is 1. The third-order valence-corrected chi connectivity index (χ3v) is 3.71. The minimum Gasteiger partial charge on any atom is -0.381 e. The highest BCUT2D eigenvalue weighted by atomic mass is 19.1. The quantitative estimate of drug-likeness (QED) is 0.727. The zero-order valence-corrected chi connectivity index (χ0v) is 13.8. The fourth-order valence-corrected chi connectivity index (χ4v) is 2.42. The first-order valence-electron chi connectivity index (χ1n) is 7.93. The molecule has 1 amide bonds. The Labute approximate surface area is 145 Å². The van der Waals surface area contributed by atoms with Gasteiger partial charge in [-0.05, 0) is 42.8 Å². The van der Waals surface area contributed by atoms with Crippen molar-refractivity contribution in [2.75, 3.05) is 10.6 Å². The van der Waals surface area contributed by atoms with Crippen LogP contribution < -0.4 is 10.6 Å². The molecule has 0 aliphatic heterocycles. The Balaban J connectivity index is 1.68. The fraction of sp³-hybridized carbons (Fsp3) is 0.100. The SMILES string of the molecule is Cc1cccc(NC(=O)c2cc(NCc3ccccc3F)ccn2)c1. The molecule has 3 rings (SSSR count). The topological polar surface area (TPSA) is 54.0 Å². The zero-order chi connectivity index (χ0) is 17.6. The highest BCUT2D eigenvalue weighted by Crippen LogP contribution is 2.15. The second kappa shape index (κ2) is 7.57. The van der Waals surface area contributed by atoms with Crippen LogP contribution in [0.15, 0.2) is 66.9 Å². The molecule has 0 bridgehead atoms. The van der Waals surface area contributed by atoms with E-state index in [0.29, 0.717) is 23.5 Å². The lowest BCUT2D eigenvalue weighted by Crippen LogP contribution is -2.14. The van der Waals surface area contributed by atoms with E-state index in [-0.39, 0.29) is 11.7 Å². The van der Waals surface area contributed by atoms with Crippen molar-refractivity contribution in [3.8, 4) is 0 Å². The smallest absolute Gasteiger partial charge is 0.274 e. The molecule has 126 valence electrons. The first kappa shape index (κ1) is 16.6. The normalized spacial score (nSPS) is 10.3. The number of anilines is 2. The lowest BCUT2D eigenvalue weighted by Gasteiger charge is -2.09. The fourth-order valence-electron chi connectivity index (χ4n) is 2.42. The van der Waals surface area contributed by atoms with Crippen molar-refractivity contribution in [1.29, 1.82) is 0 Å². The van der Waals surface area contributed by atoms with Crippen LogP contribution >= 0.6 is 0 Å². The van der Waals surface area contributed by atoms with Crippen LogP contribution in [0, 0.1) is 12.7 Å². The summed E-state index contributed by atoms with van der Waals surface area (Å²) in [6.07, 6.45) is 1.55. The van der Waals surface area contributed by atoms with E-state index >= 15 is 0 Å². The van der Waals surface area contributed by atoms with Gasteiger partial charge < -0.3 is 10.6 Å². The van der Waals surface area contributed by atoms with Gasteiger partial charge in [-0.15, -0.1) is 0 Å². The molecule has 0 saturated heterocycles. The standard InChI is InChI=1S/C20H18FN3O/c1-14-5-4-7-17(11-14)24-20(25)19-12-16(9-10-22-19)23-13-15-6-2-3-8-18(15)21/h2-12H,13H2,1H3,(H,22,23)(H,24,25). The molecule has 0 unspecified atom stereocenters. The lowest BCUT2D eigenvalue weighted by atomic mass is 10.2. The predicted octanol–water partition coefficient (Wildman–Crippen LogP) is 4.39. The van der Waals surface area contributed by atoms with Gasteiger partial charge in [0.25, 0.3) is 5.91 Å². The summed E-state index contributed by atoms with van der Waals surface area (Å²) in [7, 11) is 0. The number of hydrogen-bond donors (Lipinski definition) is 2. The highest BCUT2D eigenvalue weighted by Gasteiger charge is 2.09. The first-order valence-corrected chi connectivity index (χ1v) is 7.93. The number of halogens is 1. The molecule has 1 heterocycles. The Morgan fingerprint density at radius 3 is 2.68 bits per heavy atom. The number of carbonyl (C=O) groups excluding carboxylic acids is 1. The third kappa shape index (κ3) is 4.41. The van der Waals surface area contributed by atoms with E-state index in [2.05, 4.69) is 15.6 Å². The van der Waals surface area contributed by atoms with E-state index < -0.39 is 0 Å². The van der Waals surface area contributed by atoms with E-state index in [9.17, 15) is 9.18 Å². The molecule has 0 atom stereocenters. The van der Waals surface area contributed by atoms with Crippen molar-refractivity contribution in [2.45, 2.75) is 13.5 Å². The maximum absolute atomic E-state index is 13.7. The summed E-state index contributed by atoms with van der Waals surface area (Å²) in [5, 5.41) is 5.93. The first-order chi connectivity index (χ1) is 12.1. The van der Waals surface area contributed by atoms with Gasteiger partial charge in [-0.1, -0.05) is 30.3 Å². The van der Waals surface area contributed by atoms with E-state index in [1.54, 1.807) is 36.5 Å². The molecule has 5 heteroatoms. The van der Waals surface area contributed by atoms with Crippen LogP contribution in [0.5, 0.6) is 0 Å². The number of rotatable bonds is 5. The summed E-state index contributed by atoms with van der Waals surface area (Å²) in [6.45, 7) is 2.29. The van der Waals surface area contributed by atoms with Crippen molar-refractivity contribution in [1.82, 2.24) is 4.98 Å². The number of nitrogens with one attached hydrogen (secondary N) is 2. The van der Waals surface area contributed by atoms with Gasteiger partial charge in [-0.25, -0.2) is 4.39 Å². The average Bonchev–Trinajstić information content (AvgIpc) is 2.61. The Morgan fingerprint density at radius 1 is 1.04 bits per heavy atom. The van der Waals surface area contributed by atoms with Gasteiger partial charge in [0.1, 0.15) is 11.5 Å². The molecule has 2 N–H and O–H groups in total. The minimum absolute atomic E-state index is 0.263. The van der Waals surface area contributed by atoms with Gasteiger partial charge in [-0.2, -0.15) is 0 Å². The summed E-state index contributed by atoms with van der Waals surface area (Å²) in [4.78, 5) is 16.4. The molecule has 0 fully saturated rings. The van der Waals surface area contributed by atoms with Crippen LogP contribution in [0.4, 0.5) is 15.8 Å². The van der Waals surface area contributed by atoms with Gasteiger partial charge in [0, 0.05) is 29.7 Å². The lowest BCUT2D eigenvalue weighted by molar-refractivity contribution is 0.102. The summed E-state index contributed by atoms with van der Waals surface area (Å²) in [6, 6.07) is 17.5. The summed E-state index contributed by atoms with van der Waals surface area (Å²) in [5.41, 5.74) is 3.33. The molecular weight excluding hydrogens is 317 g/mol. The molecule has 0 spiro atoms. The van der Waals surface area contributed by atoms with Gasteiger partial charge in [0.15, 0.2) is 0 Å². The van der Waals surface area contributed by atoms with E-state index in [0.717, 1.165) is 11.3 Å². The summed E-state index contributed by atoms with van der Waals surface area (Å²) < 4.78 is 13.7. The van der Waals surface area contributed by atoms with Crippen molar-refractivity contribution < 1.29 is 9.18 Å². The summed E-state index contributed by atoms with van der Waals surface area (Å²) >= 11 is 0. The van der Waals surface area contributed by atoms with Crippen LogP contribution in [0.1, 0.15) is 21.6 Å². The van der Waals surface area contributed by atoms with Crippen molar-refractivity contribution in [3.05, 3.63) is 89.5 Å². The minimum atomic E-state index is -0.292. The van der Waals surface area contributed by atoms with Crippen LogP contribution in [-0.4, -0.2) is 10.9 Å². The molecule has 2 aromatic carbocycles. The van der Waals surface area contributed by atoms with Crippen molar-refractivity contribution >= 4 is 17.3 Å². The summed E-state index contributed by atoms with van der Waals surface area (Å²) in [5.74, 6) is -0.554. The number of benzene rings is 2. The van der Waals surface area contributed by atoms with Crippen molar-refractivity contribution in [3.63, 3.8) is 0 Å². The largest absolute Gasteiger partial charge is 0.381 e. The molecule has 1 aromatic heterocycles. The maximum atomic E-state index is 13.7. The van der Waals surface area contributed by atoms with Crippen LogP contribution in [-0.2, 0) is 6.54 Å². The Morgan fingerprint density at radius 2 is 1.88 bits per heavy atom. The van der Waals surface area contributed by atoms with Crippen LogP contribution in [0.3, 0.4) is 0 Å². The molecule has 3 aromatic rings.